The maximum Gasteiger partial charge on any atom is 0.254 e. The van der Waals surface area contributed by atoms with Gasteiger partial charge in [0.1, 0.15) is 6.33 Å². The molecule has 0 N–H and O–H groups in total. The molecule has 0 saturated carbocycles. The van der Waals surface area contributed by atoms with Crippen molar-refractivity contribution >= 4 is 23.2 Å². The number of hydrogen-bond donors (Lipinski definition) is 0. The molecule has 1 aliphatic rings. The van der Waals surface area contributed by atoms with E-state index in [9.17, 15) is 9.59 Å². The number of hydrogen-bond acceptors (Lipinski definition) is 5. The number of amides is 2. The van der Waals surface area contributed by atoms with Gasteiger partial charge in [0.05, 0.1) is 5.56 Å². The first-order valence-corrected chi connectivity index (χ1v) is 9.83. The molecule has 0 bridgehead atoms. The minimum atomic E-state index is 0.0484. The highest BCUT2D eigenvalue weighted by atomic mass is 32.1. The SMILES string of the molecule is CC(=O)N(Cc1cncnc1)C1CCCN(C(=O)c2cscc2C)CC1. The van der Waals surface area contributed by atoms with Gasteiger partial charge in [-0.1, -0.05) is 0 Å². The van der Waals surface area contributed by atoms with Gasteiger partial charge in [0, 0.05) is 55.9 Å². The number of thiophene rings is 1. The lowest BCUT2D eigenvalue weighted by Gasteiger charge is -2.30. The molecule has 1 unspecified atom stereocenters. The van der Waals surface area contributed by atoms with Crippen LogP contribution in [0.4, 0.5) is 0 Å². The summed E-state index contributed by atoms with van der Waals surface area (Å²) in [6, 6.07) is 0.133. The zero-order valence-corrected chi connectivity index (χ0v) is 16.0. The fourth-order valence-corrected chi connectivity index (χ4v) is 4.27. The fourth-order valence-electron chi connectivity index (χ4n) is 3.45. The number of likely N-dealkylation sites (tertiary alicyclic amines) is 1. The van der Waals surface area contributed by atoms with Crippen LogP contribution in [0, 0.1) is 6.92 Å². The fraction of sp³-hybridized carbons (Fsp3) is 0.474. The molecule has 2 amide bonds. The van der Waals surface area contributed by atoms with Crippen molar-refractivity contribution in [1.29, 1.82) is 0 Å². The number of carbonyl (C=O) groups is 2. The van der Waals surface area contributed by atoms with Crippen LogP contribution in [0.1, 0.15) is 47.7 Å². The van der Waals surface area contributed by atoms with E-state index < -0.39 is 0 Å². The summed E-state index contributed by atoms with van der Waals surface area (Å²) in [4.78, 5) is 36.9. The molecule has 1 saturated heterocycles. The van der Waals surface area contributed by atoms with Crippen LogP contribution in [0.15, 0.2) is 29.5 Å². The van der Waals surface area contributed by atoms with Gasteiger partial charge in [-0.2, -0.15) is 11.3 Å². The number of nitrogens with zero attached hydrogens (tertiary/aromatic N) is 4. The Morgan fingerprint density at radius 1 is 1.23 bits per heavy atom. The van der Waals surface area contributed by atoms with Crippen molar-refractivity contribution in [3.63, 3.8) is 0 Å². The second-order valence-corrected chi connectivity index (χ2v) is 7.48. The summed E-state index contributed by atoms with van der Waals surface area (Å²) in [5.74, 6) is 0.155. The van der Waals surface area contributed by atoms with Crippen LogP contribution in [0.5, 0.6) is 0 Å². The Labute approximate surface area is 157 Å². The molecule has 3 rings (SSSR count). The lowest BCUT2D eigenvalue weighted by Crippen LogP contribution is -2.39. The van der Waals surface area contributed by atoms with Crippen LogP contribution in [0.25, 0.3) is 0 Å². The Morgan fingerprint density at radius 2 is 2.00 bits per heavy atom. The summed E-state index contributed by atoms with van der Waals surface area (Å²) in [7, 11) is 0. The minimum Gasteiger partial charge on any atom is -0.339 e. The molecule has 138 valence electrons. The van der Waals surface area contributed by atoms with Crippen molar-refractivity contribution in [3.8, 4) is 0 Å². The molecule has 0 aliphatic carbocycles. The minimum absolute atomic E-state index is 0.0484. The Bertz CT molecular complexity index is 762. The van der Waals surface area contributed by atoms with Crippen LogP contribution < -0.4 is 0 Å². The third-order valence-electron chi connectivity index (χ3n) is 4.88. The number of aryl methyl sites for hydroxylation is 1. The van der Waals surface area contributed by atoms with Crippen LogP contribution in [-0.2, 0) is 11.3 Å². The number of carbonyl (C=O) groups excluding carboxylic acids is 2. The molecule has 0 spiro atoms. The van der Waals surface area contributed by atoms with E-state index in [1.807, 2.05) is 27.5 Å². The van der Waals surface area contributed by atoms with Gasteiger partial charge >= 0.3 is 0 Å². The molecule has 2 aromatic rings. The third-order valence-corrected chi connectivity index (χ3v) is 5.74. The van der Waals surface area contributed by atoms with Gasteiger partial charge in [-0.3, -0.25) is 9.59 Å². The van der Waals surface area contributed by atoms with Crippen molar-refractivity contribution in [3.05, 3.63) is 46.2 Å². The highest BCUT2D eigenvalue weighted by molar-refractivity contribution is 7.08. The average molecular weight is 372 g/mol. The van der Waals surface area contributed by atoms with Crippen molar-refractivity contribution < 1.29 is 9.59 Å². The van der Waals surface area contributed by atoms with Crippen molar-refractivity contribution in [2.24, 2.45) is 0 Å². The molecular formula is C19H24N4O2S. The van der Waals surface area contributed by atoms with Gasteiger partial charge in [-0.25, -0.2) is 9.97 Å². The van der Waals surface area contributed by atoms with E-state index in [4.69, 9.17) is 0 Å². The zero-order valence-electron chi connectivity index (χ0n) is 15.2. The molecule has 1 aliphatic heterocycles. The molecule has 1 fully saturated rings. The van der Waals surface area contributed by atoms with Crippen molar-refractivity contribution in [2.45, 2.75) is 45.7 Å². The summed E-state index contributed by atoms with van der Waals surface area (Å²) in [5, 5.41) is 3.94. The van der Waals surface area contributed by atoms with E-state index in [1.54, 1.807) is 30.7 Å². The average Bonchev–Trinajstić information content (AvgIpc) is 2.92. The Morgan fingerprint density at radius 3 is 2.65 bits per heavy atom. The van der Waals surface area contributed by atoms with Crippen molar-refractivity contribution in [1.82, 2.24) is 19.8 Å². The van der Waals surface area contributed by atoms with E-state index in [2.05, 4.69) is 9.97 Å². The van der Waals surface area contributed by atoms with Gasteiger partial charge in [-0.15, -0.1) is 0 Å². The van der Waals surface area contributed by atoms with E-state index in [-0.39, 0.29) is 17.9 Å². The van der Waals surface area contributed by atoms with E-state index in [0.29, 0.717) is 13.1 Å². The van der Waals surface area contributed by atoms with Gasteiger partial charge < -0.3 is 9.80 Å². The summed E-state index contributed by atoms with van der Waals surface area (Å²) in [5.41, 5.74) is 2.77. The van der Waals surface area contributed by atoms with Gasteiger partial charge in [0.2, 0.25) is 5.91 Å². The van der Waals surface area contributed by atoms with E-state index >= 15 is 0 Å². The summed E-state index contributed by atoms with van der Waals surface area (Å²) >= 11 is 1.56. The van der Waals surface area contributed by atoms with E-state index in [1.165, 1.54) is 6.33 Å². The molecule has 6 nitrogen and oxygen atoms in total. The topological polar surface area (TPSA) is 66.4 Å². The molecule has 26 heavy (non-hydrogen) atoms. The lowest BCUT2D eigenvalue weighted by atomic mass is 10.1. The van der Waals surface area contributed by atoms with Gasteiger partial charge in [-0.05, 0) is 37.1 Å². The number of rotatable bonds is 4. The highest BCUT2D eigenvalue weighted by Crippen LogP contribution is 2.22. The molecule has 2 aromatic heterocycles. The van der Waals surface area contributed by atoms with Crippen LogP contribution in [0.2, 0.25) is 0 Å². The maximum atomic E-state index is 12.8. The Balaban J connectivity index is 1.67. The standard InChI is InChI=1S/C19H24N4O2S/c1-14-11-26-12-18(14)19(25)22-6-3-4-17(5-7-22)23(15(2)24)10-16-8-20-13-21-9-16/h8-9,11-13,17H,3-7,10H2,1-2H3. The van der Waals surface area contributed by atoms with Crippen LogP contribution in [-0.4, -0.2) is 50.7 Å². The molecule has 0 aromatic carbocycles. The lowest BCUT2D eigenvalue weighted by molar-refractivity contribution is -0.132. The largest absolute Gasteiger partial charge is 0.339 e. The Hall–Kier alpha value is -2.28. The highest BCUT2D eigenvalue weighted by Gasteiger charge is 2.27. The molecule has 7 heteroatoms. The zero-order chi connectivity index (χ0) is 18.5. The predicted molar refractivity (Wildman–Crippen MR) is 101 cm³/mol. The van der Waals surface area contributed by atoms with E-state index in [0.717, 1.165) is 42.5 Å². The quantitative estimate of drug-likeness (QED) is 0.828. The first kappa shape index (κ1) is 18.5. The monoisotopic (exact) mass is 372 g/mol. The number of aromatic nitrogens is 2. The molecular weight excluding hydrogens is 348 g/mol. The smallest absolute Gasteiger partial charge is 0.254 e. The second kappa shape index (κ2) is 8.40. The first-order valence-electron chi connectivity index (χ1n) is 8.89. The Kier molecular flexibility index (Phi) is 5.98. The summed E-state index contributed by atoms with van der Waals surface area (Å²) < 4.78 is 0. The van der Waals surface area contributed by atoms with Crippen LogP contribution in [0.3, 0.4) is 0 Å². The summed E-state index contributed by atoms with van der Waals surface area (Å²) in [6.45, 7) is 5.51. The van der Waals surface area contributed by atoms with Gasteiger partial charge in [0.15, 0.2) is 0 Å². The third kappa shape index (κ3) is 4.27. The second-order valence-electron chi connectivity index (χ2n) is 6.74. The molecule has 0 radical (unpaired) electrons. The van der Waals surface area contributed by atoms with Gasteiger partial charge in [0.25, 0.3) is 5.91 Å². The normalized spacial score (nSPS) is 17.6. The van der Waals surface area contributed by atoms with Crippen LogP contribution >= 0.6 is 11.3 Å². The predicted octanol–water partition coefficient (Wildman–Crippen LogP) is 2.89. The first-order chi connectivity index (χ1) is 12.6. The summed E-state index contributed by atoms with van der Waals surface area (Å²) in [6.07, 6.45) is 7.57. The maximum absolute atomic E-state index is 12.8. The molecule has 3 heterocycles. The molecule has 1 atom stereocenters. The van der Waals surface area contributed by atoms with Crippen molar-refractivity contribution in [2.75, 3.05) is 13.1 Å².